The summed E-state index contributed by atoms with van der Waals surface area (Å²) >= 11 is 0. The standard InChI is InChI=1S/C22H27FN2O6/c1-31-20-17-14(19(28)15(21(29)30)12-24(17)13-3-4-13)11-16(23)18(20)25-8-2-5-22(25,6-9-26)7-10-27/h11-13,26-27H,2-10H2,1H3,(H,29,30). The van der Waals surface area contributed by atoms with Gasteiger partial charge in [0.15, 0.2) is 11.6 Å². The van der Waals surface area contributed by atoms with Crippen LogP contribution < -0.4 is 15.1 Å². The van der Waals surface area contributed by atoms with Crippen LogP contribution in [0.3, 0.4) is 0 Å². The molecule has 0 unspecified atom stereocenters. The van der Waals surface area contributed by atoms with Crippen LogP contribution in [0.1, 0.15) is 54.9 Å². The van der Waals surface area contributed by atoms with Gasteiger partial charge in [0.1, 0.15) is 11.3 Å². The molecule has 168 valence electrons. The first-order chi connectivity index (χ1) is 14.9. The lowest BCUT2D eigenvalue weighted by atomic mass is 9.88. The molecular weight excluding hydrogens is 407 g/mol. The molecular formula is C22H27FN2O6. The Labute approximate surface area is 178 Å². The number of aromatic carboxylic acids is 1. The second kappa shape index (κ2) is 8.12. The van der Waals surface area contributed by atoms with Crippen LogP contribution in [0.15, 0.2) is 17.1 Å². The van der Waals surface area contributed by atoms with Crippen molar-refractivity contribution in [2.75, 3.05) is 31.8 Å². The third kappa shape index (κ3) is 3.45. The molecule has 4 rings (SSSR count). The van der Waals surface area contributed by atoms with Gasteiger partial charge in [-0.15, -0.1) is 0 Å². The molecule has 3 N–H and O–H groups in total. The fraction of sp³-hybridized carbons (Fsp3) is 0.545. The quantitative estimate of drug-likeness (QED) is 0.584. The number of ether oxygens (including phenoxy) is 1. The molecule has 1 saturated heterocycles. The second-order valence-electron chi connectivity index (χ2n) is 8.38. The van der Waals surface area contributed by atoms with Crippen molar-refractivity contribution < 1.29 is 29.2 Å². The summed E-state index contributed by atoms with van der Waals surface area (Å²) in [5.74, 6) is -1.86. The lowest BCUT2D eigenvalue weighted by molar-refractivity contribution is 0.0694. The molecule has 9 heteroatoms. The average Bonchev–Trinajstić information content (AvgIpc) is 3.50. The molecule has 0 bridgehead atoms. The predicted molar refractivity (Wildman–Crippen MR) is 113 cm³/mol. The second-order valence-corrected chi connectivity index (χ2v) is 8.38. The molecule has 1 aliphatic carbocycles. The summed E-state index contributed by atoms with van der Waals surface area (Å²) in [6.07, 6.45) is 5.15. The molecule has 0 radical (unpaired) electrons. The summed E-state index contributed by atoms with van der Waals surface area (Å²) in [4.78, 5) is 26.3. The van der Waals surface area contributed by atoms with Crippen molar-refractivity contribution in [2.45, 2.75) is 50.1 Å². The number of methoxy groups -OCH3 is 1. The average molecular weight is 434 g/mol. The molecule has 1 aromatic carbocycles. The zero-order valence-corrected chi connectivity index (χ0v) is 17.4. The number of aliphatic hydroxyl groups excluding tert-OH is 2. The molecule has 31 heavy (non-hydrogen) atoms. The maximum absolute atomic E-state index is 15.6. The molecule has 2 fully saturated rings. The number of pyridine rings is 1. The summed E-state index contributed by atoms with van der Waals surface area (Å²) < 4.78 is 22.9. The van der Waals surface area contributed by atoms with Gasteiger partial charge in [-0.25, -0.2) is 9.18 Å². The van der Waals surface area contributed by atoms with Crippen molar-refractivity contribution in [2.24, 2.45) is 0 Å². The number of carbonyl (C=O) groups is 1. The van der Waals surface area contributed by atoms with Gasteiger partial charge in [0, 0.05) is 37.5 Å². The first-order valence-corrected chi connectivity index (χ1v) is 10.6. The van der Waals surface area contributed by atoms with E-state index in [0.29, 0.717) is 31.3 Å². The SMILES string of the molecule is COc1c(N2CCCC2(CCO)CCO)c(F)cc2c(=O)c(C(=O)O)cn(C3CC3)c12. The minimum atomic E-state index is -1.35. The van der Waals surface area contributed by atoms with E-state index in [2.05, 4.69) is 0 Å². The minimum Gasteiger partial charge on any atom is -0.492 e. The van der Waals surface area contributed by atoms with Gasteiger partial charge in [-0.05, 0) is 44.6 Å². The van der Waals surface area contributed by atoms with Gasteiger partial charge >= 0.3 is 5.97 Å². The van der Waals surface area contributed by atoms with Crippen LogP contribution in [-0.4, -0.2) is 58.3 Å². The van der Waals surface area contributed by atoms with E-state index in [1.54, 1.807) is 4.57 Å². The summed E-state index contributed by atoms with van der Waals surface area (Å²) in [5, 5.41) is 28.8. The Bertz CT molecular complexity index is 1070. The number of hydrogen-bond donors (Lipinski definition) is 3. The van der Waals surface area contributed by atoms with Crippen molar-refractivity contribution in [1.82, 2.24) is 4.57 Å². The van der Waals surface area contributed by atoms with Crippen LogP contribution >= 0.6 is 0 Å². The lowest BCUT2D eigenvalue weighted by Crippen LogP contribution is -2.46. The van der Waals surface area contributed by atoms with Gasteiger partial charge in [-0.3, -0.25) is 4.79 Å². The number of carboxylic acid groups (broad SMARTS) is 1. The van der Waals surface area contributed by atoms with E-state index < -0.39 is 28.3 Å². The molecule has 1 saturated carbocycles. The zero-order chi connectivity index (χ0) is 22.3. The number of aromatic nitrogens is 1. The number of halogens is 1. The number of anilines is 1. The first kappa shape index (κ1) is 21.6. The number of benzene rings is 1. The van der Waals surface area contributed by atoms with Crippen LogP contribution in [0, 0.1) is 5.82 Å². The molecule has 1 aromatic heterocycles. The van der Waals surface area contributed by atoms with Crippen molar-refractivity contribution in [1.29, 1.82) is 0 Å². The Balaban J connectivity index is 2.03. The van der Waals surface area contributed by atoms with Crippen LogP contribution in [-0.2, 0) is 0 Å². The van der Waals surface area contributed by atoms with E-state index >= 15 is 4.39 Å². The van der Waals surface area contributed by atoms with Crippen molar-refractivity contribution in [3.63, 3.8) is 0 Å². The number of rotatable bonds is 8. The normalized spacial score (nSPS) is 18.0. The largest absolute Gasteiger partial charge is 0.492 e. The Hall–Kier alpha value is -2.65. The third-order valence-electron chi connectivity index (χ3n) is 6.59. The molecule has 2 heterocycles. The van der Waals surface area contributed by atoms with E-state index in [9.17, 15) is 24.9 Å². The molecule has 0 spiro atoms. The molecule has 1 aliphatic heterocycles. The van der Waals surface area contributed by atoms with Crippen molar-refractivity contribution >= 4 is 22.6 Å². The van der Waals surface area contributed by atoms with Crippen molar-refractivity contribution in [3.05, 3.63) is 33.9 Å². The number of hydrogen-bond acceptors (Lipinski definition) is 6. The molecule has 8 nitrogen and oxygen atoms in total. The van der Waals surface area contributed by atoms with E-state index in [1.165, 1.54) is 13.3 Å². The highest BCUT2D eigenvalue weighted by Crippen LogP contribution is 2.48. The monoisotopic (exact) mass is 434 g/mol. The Kier molecular flexibility index (Phi) is 5.65. The van der Waals surface area contributed by atoms with Crippen LogP contribution in [0.5, 0.6) is 5.75 Å². The van der Waals surface area contributed by atoms with Gasteiger partial charge < -0.3 is 29.5 Å². The summed E-state index contributed by atoms with van der Waals surface area (Å²) in [6.45, 7) is 0.297. The molecule has 2 aliphatic rings. The van der Waals surface area contributed by atoms with E-state index in [4.69, 9.17) is 4.74 Å². The van der Waals surface area contributed by atoms with Crippen LogP contribution in [0.4, 0.5) is 10.1 Å². The third-order valence-corrected chi connectivity index (χ3v) is 6.59. The molecule has 0 amide bonds. The smallest absolute Gasteiger partial charge is 0.341 e. The maximum Gasteiger partial charge on any atom is 0.341 e. The highest BCUT2D eigenvalue weighted by molar-refractivity contribution is 5.97. The fourth-order valence-electron chi connectivity index (χ4n) is 5.03. The Morgan fingerprint density at radius 2 is 1.97 bits per heavy atom. The summed E-state index contributed by atoms with van der Waals surface area (Å²) in [7, 11) is 1.40. The summed E-state index contributed by atoms with van der Waals surface area (Å²) in [6, 6.07) is 1.12. The summed E-state index contributed by atoms with van der Waals surface area (Å²) in [5.41, 5.74) is -1.21. The molecule has 0 atom stereocenters. The topological polar surface area (TPSA) is 112 Å². The molecule has 2 aromatic rings. The van der Waals surface area contributed by atoms with E-state index in [0.717, 1.165) is 25.3 Å². The highest BCUT2D eigenvalue weighted by atomic mass is 19.1. The van der Waals surface area contributed by atoms with Gasteiger partial charge in [-0.2, -0.15) is 0 Å². The van der Waals surface area contributed by atoms with Gasteiger partial charge in [0.2, 0.25) is 5.43 Å². The van der Waals surface area contributed by atoms with Gasteiger partial charge in [0.05, 0.1) is 18.0 Å². The minimum absolute atomic E-state index is 0.0200. The number of nitrogens with zero attached hydrogens (tertiary/aromatic N) is 2. The van der Waals surface area contributed by atoms with Crippen LogP contribution in [0.25, 0.3) is 10.9 Å². The maximum atomic E-state index is 15.6. The predicted octanol–water partition coefficient (Wildman–Crippen LogP) is 2.29. The van der Waals surface area contributed by atoms with E-state index in [-0.39, 0.29) is 36.1 Å². The zero-order valence-electron chi connectivity index (χ0n) is 17.4. The fourth-order valence-corrected chi connectivity index (χ4v) is 5.03. The lowest BCUT2D eigenvalue weighted by Gasteiger charge is -2.40. The number of carboxylic acids is 1. The van der Waals surface area contributed by atoms with Gasteiger partial charge in [0.25, 0.3) is 0 Å². The number of aliphatic hydroxyl groups is 2. The van der Waals surface area contributed by atoms with E-state index in [1.807, 2.05) is 4.90 Å². The van der Waals surface area contributed by atoms with Crippen molar-refractivity contribution in [3.8, 4) is 5.75 Å². The Morgan fingerprint density at radius 1 is 1.29 bits per heavy atom. The Morgan fingerprint density at radius 3 is 2.52 bits per heavy atom. The number of fused-ring (bicyclic) bond motifs is 1. The first-order valence-electron chi connectivity index (χ1n) is 10.6. The van der Waals surface area contributed by atoms with Gasteiger partial charge in [-0.1, -0.05) is 0 Å². The van der Waals surface area contributed by atoms with Crippen LogP contribution in [0.2, 0.25) is 0 Å². The highest BCUT2D eigenvalue weighted by Gasteiger charge is 2.43.